The topological polar surface area (TPSA) is 50.4 Å². The van der Waals surface area contributed by atoms with Crippen LogP contribution >= 0.6 is 0 Å². The van der Waals surface area contributed by atoms with Gasteiger partial charge in [0, 0.05) is 19.2 Å². The summed E-state index contributed by atoms with van der Waals surface area (Å²) >= 11 is 0. The number of ether oxygens (including phenoxy) is 1. The molecule has 4 nitrogen and oxygen atoms in total. The first kappa shape index (κ1) is 12.5. The lowest BCUT2D eigenvalue weighted by Gasteiger charge is -2.10. The number of carbonyl (C=O) groups excluding carboxylic acids is 1. The highest BCUT2D eigenvalue weighted by Crippen LogP contribution is 2.07. The van der Waals surface area contributed by atoms with Crippen molar-refractivity contribution in [1.29, 1.82) is 0 Å². The lowest BCUT2D eigenvalue weighted by Crippen LogP contribution is -2.32. The van der Waals surface area contributed by atoms with Crippen LogP contribution in [0.25, 0.3) is 0 Å². The van der Waals surface area contributed by atoms with Crippen molar-refractivity contribution in [2.75, 3.05) is 26.3 Å². The number of carbonyl (C=O) groups is 1. The van der Waals surface area contributed by atoms with Gasteiger partial charge in [-0.15, -0.1) is 0 Å². The van der Waals surface area contributed by atoms with Crippen LogP contribution in [0.4, 0.5) is 0 Å². The average Bonchev–Trinajstić information content (AvgIpc) is 2.71. The zero-order valence-electron chi connectivity index (χ0n) is 9.55. The highest BCUT2D eigenvalue weighted by atomic mass is 16.5. The third kappa shape index (κ3) is 5.74. The Balaban J connectivity index is 1.91. The SMILES string of the molecule is CCCOCC(=O)NCCC1CCCN1. The van der Waals surface area contributed by atoms with Crippen LogP contribution in [0.2, 0.25) is 0 Å². The van der Waals surface area contributed by atoms with Gasteiger partial charge >= 0.3 is 0 Å². The van der Waals surface area contributed by atoms with E-state index in [0.717, 1.165) is 25.9 Å². The molecule has 0 radical (unpaired) electrons. The summed E-state index contributed by atoms with van der Waals surface area (Å²) in [7, 11) is 0. The van der Waals surface area contributed by atoms with Crippen molar-refractivity contribution < 1.29 is 9.53 Å². The maximum absolute atomic E-state index is 11.2. The van der Waals surface area contributed by atoms with Gasteiger partial charge in [-0.1, -0.05) is 6.92 Å². The molecule has 0 aromatic heterocycles. The van der Waals surface area contributed by atoms with E-state index < -0.39 is 0 Å². The van der Waals surface area contributed by atoms with Crippen molar-refractivity contribution in [3.63, 3.8) is 0 Å². The van der Waals surface area contributed by atoms with Crippen LogP contribution in [-0.2, 0) is 9.53 Å². The molecule has 4 heteroatoms. The van der Waals surface area contributed by atoms with E-state index in [1.165, 1.54) is 12.8 Å². The Morgan fingerprint density at radius 3 is 3.13 bits per heavy atom. The van der Waals surface area contributed by atoms with Crippen LogP contribution < -0.4 is 10.6 Å². The minimum absolute atomic E-state index is 0.00134. The third-order valence-corrected chi connectivity index (χ3v) is 2.56. The molecule has 0 aliphatic carbocycles. The second kappa shape index (κ2) is 7.65. The quantitative estimate of drug-likeness (QED) is 0.612. The van der Waals surface area contributed by atoms with Gasteiger partial charge in [-0.05, 0) is 32.2 Å². The molecular formula is C11H22N2O2. The molecule has 15 heavy (non-hydrogen) atoms. The summed E-state index contributed by atoms with van der Waals surface area (Å²) in [6.45, 7) is 4.78. The van der Waals surface area contributed by atoms with Crippen molar-refractivity contribution in [1.82, 2.24) is 10.6 Å². The summed E-state index contributed by atoms with van der Waals surface area (Å²) in [6, 6.07) is 0.599. The van der Waals surface area contributed by atoms with E-state index in [-0.39, 0.29) is 12.5 Å². The highest BCUT2D eigenvalue weighted by molar-refractivity contribution is 5.77. The molecule has 1 fully saturated rings. The smallest absolute Gasteiger partial charge is 0.245 e. The Hall–Kier alpha value is -0.610. The summed E-state index contributed by atoms with van der Waals surface area (Å²) in [6.07, 6.45) is 4.49. The first-order valence-corrected chi connectivity index (χ1v) is 5.90. The molecule has 1 heterocycles. The molecule has 1 atom stereocenters. The summed E-state index contributed by atoms with van der Waals surface area (Å²) < 4.78 is 5.14. The van der Waals surface area contributed by atoms with Crippen LogP contribution in [-0.4, -0.2) is 38.3 Å². The molecule has 1 unspecified atom stereocenters. The Bertz CT molecular complexity index is 179. The Labute approximate surface area is 91.8 Å². The van der Waals surface area contributed by atoms with Crippen LogP contribution in [0.1, 0.15) is 32.6 Å². The maximum Gasteiger partial charge on any atom is 0.245 e. The van der Waals surface area contributed by atoms with Crippen molar-refractivity contribution in [3.8, 4) is 0 Å². The summed E-state index contributed by atoms with van der Waals surface area (Å²) in [4.78, 5) is 11.2. The largest absolute Gasteiger partial charge is 0.372 e. The first-order chi connectivity index (χ1) is 7.33. The molecule has 1 aliphatic heterocycles. The number of rotatable bonds is 7. The van der Waals surface area contributed by atoms with Gasteiger partial charge in [0.25, 0.3) is 0 Å². The van der Waals surface area contributed by atoms with Crippen LogP contribution in [0.3, 0.4) is 0 Å². The van der Waals surface area contributed by atoms with E-state index in [9.17, 15) is 4.79 Å². The summed E-state index contributed by atoms with van der Waals surface area (Å²) in [5.74, 6) is 0.00134. The van der Waals surface area contributed by atoms with Gasteiger partial charge in [0.15, 0.2) is 0 Å². The third-order valence-electron chi connectivity index (χ3n) is 2.56. The lowest BCUT2D eigenvalue weighted by atomic mass is 10.1. The zero-order chi connectivity index (χ0) is 10.9. The van der Waals surface area contributed by atoms with Crippen LogP contribution in [0.5, 0.6) is 0 Å². The van der Waals surface area contributed by atoms with Gasteiger partial charge in [0.2, 0.25) is 5.91 Å². The fourth-order valence-electron chi connectivity index (χ4n) is 1.75. The fraction of sp³-hybridized carbons (Fsp3) is 0.909. The molecule has 1 rings (SSSR count). The van der Waals surface area contributed by atoms with Gasteiger partial charge in [-0.3, -0.25) is 4.79 Å². The van der Waals surface area contributed by atoms with E-state index in [1.807, 2.05) is 6.92 Å². The van der Waals surface area contributed by atoms with Crippen molar-refractivity contribution in [2.45, 2.75) is 38.6 Å². The molecule has 2 N–H and O–H groups in total. The summed E-state index contributed by atoms with van der Waals surface area (Å²) in [5, 5.41) is 6.26. The molecule has 0 aromatic carbocycles. The van der Waals surface area contributed by atoms with E-state index in [1.54, 1.807) is 0 Å². The zero-order valence-corrected chi connectivity index (χ0v) is 9.55. The maximum atomic E-state index is 11.2. The van der Waals surface area contributed by atoms with Crippen molar-refractivity contribution in [3.05, 3.63) is 0 Å². The Morgan fingerprint density at radius 2 is 2.47 bits per heavy atom. The molecule has 88 valence electrons. The number of hydrogen-bond donors (Lipinski definition) is 2. The molecule has 0 aromatic rings. The second-order valence-corrected chi connectivity index (χ2v) is 3.98. The highest BCUT2D eigenvalue weighted by Gasteiger charge is 2.13. The van der Waals surface area contributed by atoms with E-state index in [4.69, 9.17) is 4.74 Å². The molecule has 0 bridgehead atoms. The molecule has 0 saturated carbocycles. The summed E-state index contributed by atoms with van der Waals surface area (Å²) in [5.41, 5.74) is 0. The van der Waals surface area contributed by atoms with Crippen LogP contribution in [0.15, 0.2) is 0 Å². The minimum Gasteiger partial charge on any atom is -0.372 e. The minimum atomic E-state index is 0.00134. The number of hydrogen-bond acceptors (Lipinski definition) is 3. The molecule has 1 amide bonds. The van der Waals surface area contributed by atoms with Gasteiger partial charge in [0.05, 0.1) is 0 Å². The van der Waals surface area contributed by atoms with Crippen molar-refractivity contribution >= 4 is 5.91 Å². The van der Waals surface area contributed by atoms with Crippen LogP contribution in [0, 0.1) is 0 Å². The van der Waals surface area contributed by atoms with Gasteiger partial charge in [-0.2, -0.15) is 0 Å². The predicted octanol–water partition coefficient (Wildman–Crippen LogP) is 0.671. The van der Waals surface area contributed by atoms with Gasteiger partial charge < -0.3 is 15.4 Å². The molecule has 1 saturated heterocycles. The monoisotopic (exact) mass is 214 g/mol. The normalized spacial score (nSPS) is 20.5. The van der Waals surface area contributed by atoms with Gasteiger partial charge in [0.1, 0.15) is 6.61 Å². The lowest BCUT2D eigenvalue weighted by molar-refractivity contribution is -0.125. The first-order valence-electron chi connectivity index (χ1n) is 5.90. The van der Waals surface area contributed by atoms with Crippen molar-refractivity contribution in [2.24, 2.45) is 0 Å². The molecule has 1 aliphatic rings. The average molecular weight is 214 g/mol. The number of amides is 1. The Morgan fingerprint density at radius 1 is 1.60 bits per heavy atom. The predicted molar refractivity (Wildman–Crippen MR) is 59.8 cm³/mol. The van der Waals surface area contributed by atoms with E-state index in [0.29, 0.717) is 12.6 Å². The van der Waals surface area contributed by atoms with Gasteiger partial charge in [-0.25, -0.2) is 0 Å². The van der Waals surface area contributed by atoms with E-state index >= 15 is 0 Å². The van der Waals surface area contributed by atoms with E-state index in [2.05, 4.69) is 10.6 Å². The Kier molecular flexibility index (Phi) is 6.36. The molecule has 0 spiro atoms. The fourth-order valence-corrected chi connectivity index (χ4v) is 1.75. The number of nitrogens with one attached hydrogen (secondary N) is 2. The second-order valence-electron chi connectivity index (χ2n) is 3.98. The molecular weight excluding hydrogens is 192 g/mol. The standard InChI is InChI=1S/C11H22N2O2/c1-2-8-15-9-11(14)13-7-5-10-4-3-6-12-10/h10,12H,2-9H2,1H3,(H,13,14).